The van der Waals surface area contributed by atoms with Crippen LogP contribution in [0.2, 0.25) is 10.0 Å². The molecule has 7 heteroatoms. The van der Waals surface area contributed by atoms with Gasteiger partial charge in [0, 0.05) is 5.02 Å². The van der Waals surface area contributed by atoms with Crippen LogP contribution in [0.4, 0.5) is 0 Å². The van der Waals surface area contributed by atoms with E-state index in [1.54, 1.807) is 6.07 Å². The first-order valence-electron chi connectivity index (χ1n) is 8.47. The lowest BCUT2D eigenvalue weighted by molar-refractivity contribution is -0.897. The van der Waals surface area contributed by atoms with Crippen molar-refractivity contribution in [1.82, 2.24) is 4.31 Å². The first kappa shape index (κ1) is 19.4. The second-order valence-electron chi connectivity index (χ2n) is 6.25. The van der Waals surface area contributed by atoms with Gasteiger partial charge in [-0.3, -0.25) is 0 Å². The van der Waals surface area contributed by atoms with E-state index in [9.17, 15) is 8.42 Å². The number of nitrogens with zero attached hydrogens (tertiary/aromatic N) is 1. The Morgan fingerprint density at radius 1 is 1.04 bits per heavy atom. The molecule has 1 aliphatic rings. The molecule has 1 fully saturated rings. The van der Waals surface area contributed by atoms with Gasteiger partial charge in [0.25, 0.3) is 0 Å². The maximum Gasteiger partial charge on any atom is 0.245 e. The van der Waals surface area contributed by atoms with Crippen LogP contribution >= 0.6 is 23.2 Å². The summed E-state index contributed by atoms with van der Waals surface area (Å²) in [6.07, 6.45) is 4.24. The molecular formula is C19H21Cl2N2O2S+. The summed E-state index contributed by atoms with van der Waals surface area (Å²) in [4.78, 5) is 1.44. The molecule has 0 radical (unpaired) electrons. The minimum absolute atomic E-state index is 0.0825. The minimum Gasteiger partial charge on any atom is -0.329 e. The molecular weight excluding hydrogens is 391 g/mol. The molecule has 2 aromatic carbocycles. The summed E-state index contributed by atoms with van der Waals surface area (Å²) in [7, 11) is -3.62. The molecule has 1 aliphatic heterocycles. The van der Waals surface area contributed by atoms with E-state index in [-0.39, 0.29) is 9.92 Å². The third kappa shape index (κ3) is 4.67. The maximum absolute atomic E-state index is 12.8. The lowest BCUT2D eigenvalue weighted by Crippen LogP contribution is -3.14. The smallest absolute Gasteiger partial charge is 0.245 e. The lowest BCUT2D eigenvalue weighted by atomic mass is 10.2. The Bertz CT molecular complexity index is 878. The highest BCUT2D eigenvalue weighted by molar-refractivity contribution is 7.89. The summed E-state index contributed by atoms with van der Waals surface area (Å²) in [5, 5.41) is 0.568. The van der Waals surface area contributed by atoms with Crippen LogP contribution in [0, 0.1) is 0 Å². The maximum atomic E-state index is 12.8. The van der Waals surface area contributed by atoms with Crippen molar-refractivity contribution in [2.75, 3.05) is 32.7 Å². The average molecular weight is 412 g/mol. The van der Waals surface area contributed by atoms with Crippen molar-refractivity contribution in [3.63, 3.8) is 0 Å². The molecule has 138 valence electrons. The summed E-state index contributed by atoms with van der Waals surface area (Å²) in [6.45, 7) is 3.34. The number of nitrogens with one attached hydrogen (secondary N) is 1. The quantitative estimate of drug-likeness (QED) is 0.821. The summed E-state index contributed by atoms with van der Waals surface area (Å²) in [6, 6.07) is 14.7. The average Bonchev–Trinajstić information content (AvgIpc) is 2.65. The van der Waals surface area contributed by atoms with Gasteiger partial charge in [-0.05, 0) is 29.8 Å². The van der Waals surface area contributed by atoms with Crippen molar-refractivity contribution in [2.24, 2.45) is 0 Å². The summed E-state index contributed by atoms with van der Waals surface area (Å²) < 4.78 is 27.1. The Labute approximate surface area is 164 Å². The zero-order chi connectivity index (χ0) is 18.6. The first-order valence-corrected chi connectivity index (χ1v) is 10.7. The molecule has 0 spiro atoms. The monoisotopic (exact) mass is 411 g/mol. The predicted octanol–water partition coefficient (Wildman–Crippen LogP) is 2.60. The molecule has 0 atom stereocenters. The van der Waals surface area contributed by atoms with Gasteiger partial charge >= 0.3 is 0 Å². The van der Waals surface area contributed by atoms with Crippen molar-refractivity contribution < 1.29 is 13.3 Å². The van der Waals surface area contributed by atoms with Gasteiger partial charge < -0.3 is 4.90 Å². The number of hydrogen-bond acceptors (Lipinski definition) is 2. The number of piperazine rings is 1. The van der Waals surface area contributed by atoms with E-state index in [4.69, 9.17) is 23.2 Å². The Kier molecular flexibility index (Phi) is 6.37. The van der Waals surface area contributed by atoms with Crippen LogP contribution < -0.4 is 4.90 Å². The Morgan fingerprint density at radius 2 is 1.73 bits per heavy atom. The van der Waals surface area contributed by atoms with Crippen LogP contribution in [0.15, 0.2) is 59.5 Å². The lowest BCUT2D eigenvalue weighted by Gasteiger charge is -2.31. The van der Waals surface area contributed by atoms with E-state index < -0.39 is 10.0 Å². The molecule has 1 heterocycles. The van der Waals surface area contributed by atoms with E-state index >= 15 is 0 Å². The number of halogens is 2. The first-order chi connectivity index (χ1) is 12.5. The van der Waals surface area contributed by atoms with E-state index in [1.165, 1.54) is 26.9 Å². The molecule has 1 saturated heterocycles. The highest BCUT2D eigenvalue weighted by Crippen LogP contribution is 2.27. The number of sulfonamides is 1. The topological polar surface area (TPSA) is 41.8 Å². The van der Waals surface area contributed by atoms with Crippen LogP contribution in [0.1, 0.15) is 5.56 Å². The van der Waals surface area contributed by atoms with E-state index in [0.717, 1.165) is 19.6 Å². The molecule has 26 heavy (non-hydrogen) atoms. The van der Waals surface area contributed by atoms with Crippen LogP contribution in [0.5, 0.6) is 0 Å². The molecule has 4 nitrogen and oxygen atoms in total. The van der Waals surface area contributed by atoms with Crippen molar-refractivity contribution >= 4 is 39.3 Å². The van der Waals surface area contributed by atoms with Gasteiger partial charge in [0.1, 0.15) is 4.90 Å². The third-order valence-corrected chi connectivity index (χ3v) is 7.07. The van der Waals surface area contributed by atoms with Crippen LogP contribution in [-0.4, -0.2) is 45.4 Å². The van der Waals surface area contributed by atoms with Gasteiger partial charge in [-0.2, -0.15) is 4.31 Å². The molecule has 0 aromatic heterocycles. The van der Waals surface area contributed by atoms with Crippen molar-refractivity contribution in [2.45, 2.75) is 4.90 Å². The van der Waals surface area contributed by atoms with Gasteiger partial charge in [0.15, 0.2) is 0 Å². The molecule has 0 saturated carbocycles. The van der Waals surface area contributed by atoms with Gasteiger partial charge in [0.05, 0.1) is 37.7 Å². The molecule has 0 amide bonds. The van der Waals surface area contributed by atoms with Crippen LogP contribution in [-0.2, 0) is 10.0 Å². The standard InChI is InChI=1S/C19H20Cl2N2O2S/c20-17-8-9-18(21)19(15-17)26(24,25)23-13-11-22(12-14-23)10-4-7-16-5-2-1-3-6-16/h1-9,15H,10-14H2/p+1. The number of hydrogen-bond donors (Lipinski definition) is 1. The number of rotatable bonds is 5. The highest BCUT2D eigenvalue weighted by atomic mass is 35.5. The largest absolute Gasteiger partial charge is 0.329 e. The van der Waals surface area contributed by atoms with E-state index in [0.29, 0.717) is 18.1 Å². The SMILES string of the molecule is O=S(=O)(c1cc(Cl)ccc1Cl)N1CC[NH+](CC=Cc2ccccc2)CC1. The Balaban J connectivity index is 1.59. The Morgan fingerprint density at radius 3 is 2.42 bits per heavy atom. The van der Waals surface area contributed by atoms with Crippen molar-refractivity contribution in [3.05, 3.63) is 70.2 Å². The second kappa shape index (κ2) is 8.55. The normalized spacial score (nSPS) is 17.0. The molecule has 3 rings (SSSR count). The fourth-order valence-electron chi connectivity index (χ4n) is 2.99. The third-order valence-electron chi connectivity index (χ3n) is 4.46. The van der Waals surface area contributed by atoms with E-state index in [2.05, 4.69) is 24.3 Å². The van der Waals surface area contributed by atoms with E-state index in [1.807, 2.05) is 18.2 Å². The minimum atomic E-state index is -3.62. The number of benzene rings is 2. The molecule has 0 unspecified atom stereocenters. The summed E-state index contributed by atoms with van der Waals surface area (Å²) in [5.41, 5.74) is 1.17. The zero-order valence-electron chi connectivity index (χ0n) is 14.2. The van der Waals surface area contributed by atoms with Gasteiger partial charge in [-0.1, -0.05) is 59.6 Å². The molecule has 0 aliphatic carbocycles. The highest BCUT2D eigenvalue weighted by Gasteiger charge is 2.31. The van der Waals surface area contributed by atoms with Crippen molar-refractivity contribution in [1.29, 1.82) is 0 Å². The fraction of sp³-hybridized carbons (Fsp3) is 0.263. The zero-order valence-corrected chi connectivity index (χ0v) is 16.6. The van der Waals surface area contributed by atoms with Crippen molar-refractivity contribution in [3.8, 4) is 0 Å². The summed E-state index contributed by atoms with van der Waals surface area (Å²) in [5.74, 6) is 0. The molecule has 2 aromatic rings. The van der Waals surface area contributed by atoms with Gasteiger partial charge in [0.2, 0.25) is 10.0 Å². The molecule has 1 N–H and O–H groups in total. The summed E-state index contributed by atoms with van der Waals surface area (Å²) >= 11 is 12.0. The van der Waals surface area contributed by atoms with Gasteiger partial charge in [-0.15, -0.1) is 0 Å². The van der Waals surface area contributed by atoms with Gasteiger partial charge in [-0.25, -0.2) is 8.42 Å². The predicted molar refractivity (Wildman–Crippen MR) is 106 cm³/mol. The molecule has 0 bridgehead atoms. The van der Waals surface area contributed by atoms with Crippen LogP contribution in [0.3, 0.4) is 0 Å². The fourth-order valence-corrected chi connectivity index (χ4v) is 5.17. The van der Waals surface area contributed by atoms with Crippen LogP contribution in [0.25, 0.3) is 6.08 Å². The number of quaternary nitrogens is 1. The second-order valence-corrected chi connectivity index (χ2v) is 9.00. The Hall–Kier alpha value is -1.37.